The van der Waals surface area contributed by atoms with E-state index in [2.05, 4.69) is 15.6 Å². The topological polar surface area (TPSA) is 64.1 Å². The Morgan fingerprint density at radius 1 is 0.967 bits per heavy atom. The number of halogens is 3. The van der Waals surface area contributed by atoms with Gasteiger partial charge in [-0.3, -0.25) is 0 Å². The molecule has 164 valence electrons. The molecule has 30 heavy (non-hydrogen) atoms. The molecule has 0 heterocycles. The average Bonchev–Trinajstić information content (AvgIpc) is 2.74. The first-order valence-electron chi connectivity index (χ1n) is 9.36. The summed E-state index contributed by atoms with van der Waals surface area (Å²) in [5, 5.41) is 6.23. The van der Waals surface area contributed by atoms with Gasteiger partial charge in [0.2, 0.25) is 0 Å². The Morgan fingerprint density at radius 3 is 2.37 bits per heavy atom. The Hall–Kier alpha value is -3.10. The van der Waals surface area contributed by atoms with Crippen molar-refractivity contribution in [2.75, 3.05) is 27.4 Å². The van der Waals surface area contributed by atoms with Crippen LogP contribution in [0.5, 0.6) is 17.2 Å². The highest BCUT2D eigenvalue weighted by Crippen LogP contribution is 2.27. The van der Waals surface area contributed by atoms with Crippen molar-refractivity contribution in [3.63, 3.8) is 0 Å². The largest absolute Gasteiger partial charge is 0.493 e. The SMILES string of the molecule is CCNC(=NCc1ccc(OC)c(OC)c1)NCc1ccccc1OCC(F)(F)F. The molecule has 9 heteroatoms. The van der Waals surface area contributed by atoms with E-state index in [1.807, 2.05) is 19.1 Å². The summed E-state index contributed by atoms with van der Waals surface area (Å²) in [4.78, 5) is 4.52. The summed E-state index contributed by atoms with van der Waals surface area (Å²) in [6.45, 7) is 1.85. The maximum Gasteiger partial charge on any atom is 0.422 e. The summed E-state index contributed by atoms with van der Waals surface area (Å²) < 4.78 is 52.8. The van der Waals surface area contributed by atoms with Crippen molar-refractivity contribution in [2.45, 2.75) is 26.2 Å². The number of aliphatic imine (C=N–C) groups is 1. The number of guanidine groups is 1. The maximum atomic E-state index is 12.5. The highest BCUT2D eigenvalue weighted by atomic mass is 19.4. The quantitative estimate of drug-likeness (QED) is 0.471. The highest BCUT2D eigenvalue weighted by molar-refractivity contribution is 5.79. The van der Waals surface area contributed by atoms with Gasteiger partial charge in [0.05, 0.1) is 20.8 Å². The fraction of sp³-hybridized carbons (Fsp3) is 0.381. The van der Waals surface area contributed by atoms with Crippen molar-refractivity contribution in [3.8, 4) is 17.2 Å². The normalized spacial score (nSPS) is 11.7. The van der Waals surface area contributed by atoms with Gasteiger partial charge in [0.25, 0.3) is 0 Å². The number of para-hydroxylation sites is 1. The summed E-state index contributed by atoms with van der Waals surface area (Å²) in [6, 6.07) is 12.1. The van der Waals surface area contributed by atoms with Crippen LogP contribution in [0.3, 0.4) is 0 Å². The zero-order valence-electron chi connectivity index (χ0n) is 17.2. The molecule has 0 bridgehead atoms. The van der Waals surface area contributed by atoms with Gasteiger partial charge in [-0.1, -0.05) is 24.3 Å². The lowest BCUT2D eigenvalue weighted by Gasteiger charge is -2.15. The van der Waals surface area contributed by atoms with Crippen molar-refractivity contribution in [3.05, 3.63) is 53.6 Å². The Balaban J connectivity index is 2.06. The molecule has 0 amide bonds. The standard InChI is InChI=1S/C21H26F3N3O3/c1-4-25-20(26-12-15-9-10-18(28-2)19(11-15)29-3)27-13-16-7-5-6-8-17(16)30-14-21(22,23)24/h5-11H,4,12-14H2,1-3H3,(H2,25,26,27). The third kappa shape index (κ3) is 7.38. The molecule has 2 rings (SSSR count). The van der Waals surface area contributed by atoms with Crippen LogP contribution in [0.2, 0.25) is 0 Å². The number of alkyl halides is 3. The Labute approximate surface area is 174 Å². The summed E-state index contributed by atoms with van der Waals surface area (Å²) in [6.07, 6.45) is -4.39. The molecule has 0 aromatic heterocycles. The number of hydrogen-bond donors (Lipinski definition) is 2. The first-order valence-corrected chi connectivity index (χ1v) is 9.36. The van der Waals surface area contributed by atoms with E-state index in [1.54, 1.807) is 38.5 Å². The van der Waals surface area contributed by atoms with Crippen LogP contribution < -0.4 is 24.8 Å². The molecule has 0 atom stereocenters. The smallest absolute Gasteiger partial charge is 0.422 e. The van der Waals surface area contributed by atoms with E-state index in [0.717, 1.165) is 5.56 Å². The minimum Gasteiger partial charge on any atom is -0.493 e. The van der Waals surface area contributed by atoms with Crippen LogP contribution in [-0.2, 0) is 13.1 Å². The van der Waals surface area contributed by atoms with Crippen molar-refractivity contribution < 1.29 is 27.4 Å². The van der Waals surface area contributed by atoms with Gasteiger partial charge in [0.1, 0.15) is 5.75 Å². The molecule has 2 N–H and O–H groups in total. The molecule has 0 fully saturated rings. The molecule has 6 nitrogen and oxygen atoms in total. The molecule has 2 aromatic carbocycles. The highest BCUT2D eigenvalue weighted by Gasteiger charge is 2.28. The number of methoxy groups -OCH3 is 2. The lowest BCUT2D eigenvalue weighted by atomic mass is 10.2. The van der Waals surface area contributed by atoms with Crippen molar-refractivity contribution in [1.82, 2.24) is 10.6 Å². The monoisotopic (exact) mass is 425 g/mol. The molecule has 0 spiro atoms. The number of benzene rings is 2. The number of nitrogens with zero attached hydrogens (tertiary/aromatic N) is 1. The number of rotatable bonds is 9. The number of hydrogen-bond acceptors (Lipinski definition) is 4. The first kappa shape index (κ1) is 23.2. The van der Waals surface area contributed by atoms with Gasteiger partial charge in [0.15, 0.2) is 24.1 Å². The third-order valence-corrected chi connectivity index (χ3v) is 4.02. The maximum absolute atomic E-state index is 12.5. The molecular formula is C21H26F3N3O3. The number of nitrogens with one attached hydrogen (secondary N) is 2. The molecular weight excluding hydrogens is 399 g/mol. The van der Waals surface area contributed by atoms with E-state index in [-0.39, 0.29) is 12.3 Å². The van der Waals surface area contributed by atoms with E-state index in [9.17, 15) is 13.2 Å². The summed E-state index contributed by atoms with van der Waals surface area (Å²) >= 11 is 0. The van der Waals surface area contributed by atoms with Crippen LogP contribution in [0.25, 0.3) is 0 Å². The van der Waals surface area contributed by atoms with Gasteiger partial charge in [-0.25, -0.2) is 4.99 Å². The summed E-state index contributed by atoms with van der Waals surface area (Å²) in [7, 11) is 3.13. The Bertz CT molecular complexity index is 842. The average molecular weight is 425 g/mol. The second-order valence-electron chi connectivity index (χ2n) is 6.25. The molecule has 0 saturated heterocycles. The fourth-order valence-electron chi connectivity index (χ4n) is 2.62. The number of ether oxygens (including phenoxy) is 3. The van der Waals surface area contributed by atoms with Gasteiger partial charge >= 0.3 is 6.18 Å². The van der Waals surface area contributed by atoms with Crippen LogP contribution >= 0.6 is 0 Å². The lowest BCUT2D eigenvalue weighted by molar-refractivity contribution is -0.153. The fourth-order valence-corrected chi connectivity index (χ4v) is 2.62. The zero-order valence-corrected chi connectivity index (χ0v) is 17.2. The van der Waals surface area contributed by atoms with Crippen LogP contribution in [0.15, 0.2) is 47.5 Å². The van der Waals surface area contributed by atoms with Crippen molar-refractivity contribution >= 4 is 5.96 Å². The van der Waals surface area contributed by atoms with E-state index in [1.165, 1.54) is 6.07 Å². The van der Waals surface area contributed by atoms with E-state index >= 15 is 0 Å². The predicted octanol–water partition coefficient (Wildman–Crippen LogP) is 3.90. The predicted molar refractivity (Wildman–Crippen MR) is 109 cm³/mol. The molecule has 0 aliphatic rings. The minimum atomic E-state index is -4.39. The van der Waals surface area contributed by atoms with Gasteiger partial charge in [-0.2, -0.15) is 13.2 Å². The zero-order chi connectivity index (χ0) is 22.0. The Morgan fingerprint density at radius 2 is 1.70 bits per heavy atom. The second-order valence-corrected chi connectivity index (χ2v) is 6.25. The van der Waals surface area contributed by atoms with Crippen LogP contribution in [0.4, 0.5) is 13.2 Å². The molecule has 0 radical (unpaired) electrons. The van der Waals surface area contributed by atoms with E-state index in [4.69, 9.17) is 14.2 Å². The van der Waals surface area contributed by atoms with Crippen LogP contribution in [-0.4, -0.2) is 39.5 Å². The third-order valence-electron chi connectivity index (χ3n) is 4.02. The molecule has 0 aliphatic carbocycles. The van der Waals surface area contributed by atoms with Gasteiger partial charge in [0, 0.05) is 18.7 Å². The second kappa shape index (κ2) is 11.2. The van der Waals surface area contributed by atoms with Crippen LogP contribution in [0.1, 0.15) is 18.1 Å². The van der Waals surface area contributed by atoms with Crippen molar-refractivity contribution in [1.29, 1.82) is 0 Å². The minimum absolute atomic E-state index is 0.179. The van der Waals surface area contributed by atoms with Gasteiger partial charge in [-0.15, -0.1) is 0 Å². The first-order chi connectivity index (χ1) is 14.4. The van der Waals surface area contributed by atoms with Crippen LogP contribution in [0, 0.1) is 0 Å². The van der Waals surface area contributed by atoms with Crippen molar-refractivity contribution in [2.24, 2.45) is 4.99 Å². The molecule has 0 unspecified atom stereocenters. The lowest BCUT2D eigenvalue weighted by Crippen LogP contribution is -2.37. The van der Waals surface area contributed by atoms with Gasteiger partial charge < -0.3 is 24.8 Å². The van der Waals surface area contributed by atoms with E-state index in [0.29, 0.717) is 36.1 Å². The Kier molecular flexibility index (Phi) is 8.64. The summed E-state index contributed by atoms with van der Waals surface area (Å²) in [5.74, 6) is 1.94. The van der Waals surface area contributed by atoms with Gasteiger partial charge in [-0.05, 0) is 30.7 Å². The molecule has 2 aromatic rings. The summed E-state index contributed by atoms with van der Waals surface area (Å²) in [5.41, 5.74) is 1.51. The molecule has 0 saturated carbocycles. The van der Waals surface area contributed by atoms with E-state index < -0.39 is 12.8 Å². The molecule has 0 aliphatic heterocycles.